The summed E-state index contributed by atoms with van der Waals surface area (Å²) < 4.78 is 44.6. The SMILES string of the molecule is N#Cc1cnn2cc(OC[C@@H]3CNCCO3)ccc12.O=C(O)C(F)(F)F. The van der Waals surface area contributed by atoms with Crippen LogP contribution in [0.5, 0.6) is 5.75 Å². The fourth-order valence-electron chi connectivity index (χ4n) is 2.05. The summed E-state index contributed by atoms with van der Waals surface area (Å²) >= 11 is 0. The van der Waals surface area contributed by atoms with Gasteiger partial charge < -0.3 is 19.9 Å². The van der Waals surface area contributed by atoms with Crippen LogP contribution in [0.1, 0.15) is 5.56 Å². The van der Waals surface area contributed by atoms with Gasteiger partial charge in [-0.3, -0.25) is 0 Å². The zero-order valence-corrected chi connectivity index (χ0v) is 13.4. The number of nitrogens with one attached hydrogen (secondary N) is 1. The maximum atomic E-state index is 10.6. The molecule has 26 heavy (non-hydrogen) atoms. The summed E-state index contributed by atoms with van der Waals surface area (Å²) in [4.78, 5) is 8.90. The van der Waals surface area contributed by atoms with Gasteiger partial charge in [0.15, 0.2) is 0 Å². The molecule has 2 aromatic heterocycles. The van der Waals surface area contributed by atoms with Gasteiger partial charge in [0.2, 0.25) is 0 Å². The van der Waals surface area contributed by atoms with Crippen LogP contribution in [0, 0.1) is 11.3 Å². The molecule has 1 aliphatic rings. The van der Waals surface area contributed by atoms with Gasteiger partial charge in [-0.1, -0.05) is 0 Å². The van der Waals surface area contributed by atoms with Crippen molar-refractivity contribution in [3.8, 4) is 11.8 Å². The number of halogens is 3. The topological polar surface area (TPSA) is 109 Å². The third-order valence-corrected chi connectivity index (χ3v) is 3.29. The van der Waals surface area contributed by atoms with E-state index >= 15 is 0 Å². The molecule has 0 radical (unpaired) electrons. The van der Waals surface area contributed by atoms with Crippen molar-refractivity contribution in [2.45, 2.75) is 12.3 Å². The zero-order valence-electron chi connectivity index (χ0n) is 13.4. The highest BCUT2D eigenvalue weighted by molar-refractivity contribution is 5.73. The molecule has 1 saturated heterocycles. The molecule has 3 heterocycles. The van der Waals surface area contributed by atoms with E-state index in [1.54, 1.807) is 16.9 Å². The van der Waals surface area contributed by atoms with E-state index in [9.17, 15) is 13.2 Å². The maximum Gasteiger partial charge on any atom is 0.490 e. The summed E-state index contributed by atoms with van der Waals surface area (Å²) in [5.74, 6) is -2.04. The number of hydrogen-bond acceptors (Lipinski definition) is 6. The number of alkyl halides is 3. The second kappa shape index (κ2) is 8.50. The summed E-state index contributed by atoms with van der Waals surface area (Å²) in [5.41, 5.74) is 1.34. The van der Waals surface area contributed by atoms with Crippen LogP contribution in [0.4, 0.5) is 13.2 Å². The molecule has 8 nitrogen and oxygen atoms in total. The van der Waals surface area contributed by atoms with Crippen molar-refractivity contribution in [2.75, 3.05) is 26.3 Å². The van der Waals surface area contributed by atoms with Crippen LogP contribution >= 0.6 is 0 Å². The lowest BCUT2D eigenvalue weighted by atomic mass is 10.3. The molecule has 2 aromatic rings. The molecule has 140 valence electrons. The Balaban J connectivity index is 0.000000298. The van der Waals surface area contributed by atoms with Crippen LogP contribution in [0.3, 0.4) is 0 Å². The van der Waals surface area contributed by atoms with E-state index in [2.05, 4.69) is 16.5 Å². The lowest BCUT2D eigenvalue weighted by molar-refractivity contribution is -0.192. The first kappa shape index (κ1) is 19.5. The highest BCUT2D eigenvalue weighted by Crippen LogP contribution is 2.16. The number of rotatable bonds is 3. The van der Waals surface area contributed by atoms with Gasteiger partial charge in [-0.15, -0.1) is 0 Å². The molecular weight excluding hydrogens is 357 g/mol. The van der Waals surface area contributed by atoms with Gasteiger partial charge in [0.05, 0.1) is 30.1 Å². The summed E-state index contributed by atoms with van der Waals surface area (Å²) in [5, 5.41) is 23.4. The van der Waals surface area contributed by atoms with Crippen LogP contribution in [0.25, 0.3) is 5.52 Å². The average molecular weight is 372 g/mol. The minimum Gasteiger partial charge on any atom is -0.489 e. The molecule has 11 heteroatoms. The first-order chi connectivity index (χ1) is 12.3. The number of carbonyl (C=O) groups is 1. The summed E-state index contributed by atoms with van der Waals surface area (Å²) in [6.07, 6.45) is -1.68. The number of aromatic nitrogens is 2. The van der Waals surface area contributed by atoms with Crippen molar-refractivity contribution in [3.05, 3.63) is 30.1 Å². The van der Waals surface area contributed by atoms with E-state index in [1.165, 1.54) is 0 Å². The number of morpholine rings is 1. The number of carboxylic acids is 1. The van der Waals surface area contributed by atoms with E-state index in [0.717, 1.165) is 25.2 Å². The molecule has 0 aromatic carbocycles. The Morgan fingerprint density at radius 1 is 1.54 bits per heavy atom. The minimum atomic E-state index is -5.08. The van der Waals surface area contributed by atoms with Gasteiger partial charge in [0, 0.05) is 13.1 Å². The molecule has 0 saturated carbocycles. The largest absolute Gasteiger partial charge is 0.490 e. The normalized spacial score (nSPS) is 17.1. The highest BCUT2D eigenvalue weighted by Gasteiger charge is 2.38. The molecule has 0 amide bonds. The summed E-state index contributed by atoms with van der Waals surface area (Å²) in [6.45, 7) is 2.93. The standard InChI is InChI=1S/C13H14N4O2.C2HF3O2/c14-5-10-6-16-17-8-11(1-2-13(10)17)19-9-12-7-15-3-4-18-12;3-2(4,5)1(6)7/h1-2,6,8,12,15H,3-4,7,9H2;(H,6,7)/t12-;/m0./s1. The first-order valence-corrected chi connectivity index (χ1v) is 7.44. The fraction of sp³-hybridized carbons (Fsp3) is 0.400. The number of fused-ring (bicyclic) bond motifs is 1. The van der Waals surface area contributed by atoms with E-state index < -0.39 is 12.1 Å². The Morgan fingerprint density at radius 3 is 2.85 bits per heavy atom. The van der Waals surface area contributed by atoms with Crippen LogP contribution in [-0.4, -0.2) is 59.3 Å². The molecule has 3 rings (SSSR count). The van der Waals surface area contributed by atoms with Crippen molar-refractivity contribution in [1.82, 2.24) is 14.9 Å². The van der Waals surface area contributed by atoms with Crippen molar-refractivity contribution in [2.24, 2.45) is 0 Å². The van der Waals surface area contributed by atoms with Crippen LogP contribution in [-0.2, 0) is 9.53 Å². The molecule has 1 aliphatic heterocycles. The van der Waals surface area contributed by atoms with Crippen molar-refractivity contribution >= 4 is 11.5 Å². The van der Waals surface area contributed by atoms with E-state index in [1.807, 2.05) is 12.1 Å². The molecule has 1 atom stereocenters. The number of hydrogen-bond donors (Lipinski definition) is 2. The summed E-state index contributed by atoms with van der Waals surface area (Å²) in [7, 11) is 0. The van der Waals surface area contributed by atoms with Crippen LogP contribution < -0.4 is 10.1 Å². The van der Waals surface area contributed by atoms with Crippen LogP contribution in [0.15, 0.2) is 24.5 Å². The molecule has 1 fully saturated rings. The zero-order chi connectivity index (χ0) is 19.2. The van der Waals surface area contributed by atoms with Gasteiger partial charge >= 0.3 is 12.1 Å². The molecule has 0 aliphatic carbocycles. The Morgan fingerprint density at radius 2 is 2.27 bits per heavy atom. The van der Waals surface area contributed by atoms with Crippen molar-refractivity contribution < 1.29 is 32.5 Å². The number of pyridine rings is 1. The summed E-state index contributed by atoms with van der Waals surface area (Å²) in [6, 6.07) is 5.78. The van der Waals surface area contributed by atoms with Gasteiger partial charge in [-0.25, -0.2) is 9.31 Å². The Kier molecular flexibility index (Phi) is 6.37. The minimum absolute atomic E-state index is 0.0803. The van der Waals surface area contributed by atoms with E-state index in [4.69, 9.17) is 24.6 Å². The van der Waals surface area contributed by atoms with Gasteiger partial charge in [0.25, 0.3) is 0 Å². The second-order valence-electron chi connectivity index (χ2n) is 5.18. The first-order valence-electron chi connectivity index (χ1n) is 7.44. The predicted octanol–water partition coefficient (Wildman–Crippen LogP) is 1.21. The van der Waals surface area contributed by atoms with Gasteiger partial charge in [-0.05, 0) is 12.1 Å². The molecule has 0 bridgehead atoms. The Labute approximate surface area is 145 Å². The van der Waals surface area contributed by atoms with Crippen molar-refractivity contribution in [3.63, 3.8) is 0 Å². The number of nitriles is 1. The Bertz CT molecular complexity index is 794. The molecule has 0 spiro atoms. The third kappa shape index (κ3) is 5.33. The van der Waals surface area contributed by atoms with Gasteiger partial charge in [0.1, 0.15) is 24.5 Å². The van der Waals surface area contributed by atoms with E-state index in [0.29, 0.717) is 17.9 Å². The second-order valence-corrected chi connectivity index (χ2v) is 5.18. The average Bonchev–Trinajstić information content (AvgIpc) is 3.03. The third-order valence-electron chi connectivity index (χ3n) is 3.29. The quantitative estimate of drug-likeness (QED) is 0.833. The number of ether oxygens (including phenoxy) is 2. The smallest absolute Gasteiger partial charge is 0.489 e. The molecule has 0 unspecified atom stereocenters. The number of carboxylic acid groups (broad SMARTS) is 1. The molecule has 2 N–H and O–H groups in total. The fourth-order valence-corrected chi connectivity index (χ4v) is 2.05. The lowest BCUT2D eigenvalue weighted by Gasteiger charge is -2.23. The van der Waals surface area contributed by atoms with Crippen molar-refractivity contribution in [1.29, 1.82) is 5.26 Å². The van der Waals surface area contributed by atoms with Gasteiger partial charge in [-0.2, -0.15) is 23.5 Å². The number of aliphatic carboxylic acids is 1. The molecular formula is C15H15F3N4O4. The Hall–Kier alpha value is -2.84. The maximum absolute atomic E-state index is 10.6. The monoisotopic (exact) mass is 372 g/mol. The van der Waals surface area contributed by atoms with E-state index in [-0.39, 0.29) is 6.10 Å². The van der Waals surface area contributed by atoms with Crippen LogP contribution in [0.2, 0.25) is 0 Å². The predicted molar refractivity (Wildman–Crippen MR) is 81.7 cm³/mol. The highest BCUT2D eigenvalue weighted by atomic mass is 19.4. The number of nitrogens with zero attached hydrogens (tertiary/aromatic N) is 3. The lowest BCUT2D eigenvalue weighted by Crippen LogP contribution is -2.41.